The first-order valence-electron chi connectivity index (χ1n) is 9.13. The normalized spacial score (nSPS) is 15.3. The number of furan rings is 1. The molecule has 134 valence electrons. The molecule has 1 aliphatic heterocycles. The lowest BCUT2D eigenvalue weighted by molar-refractivity contribution is -0.121. The van der Waals surface area contributed by atoms with Crippen molar-refractivity contribution in [1.29, 1.82) is 0 Å². The van der Waals surface area contributed by atoms with Crippen molar-refractivity contribution in [2.75, 3.05) is 44.2 Å². The van der Waals surface area contributed by atoms with Gasteiger partial charge in [0.2, 0.25) is 5.91 Å². The van der Waals surface area contributed by atoms with Crippen LogP contribution in [0, 0.1) is 0 Å². The Morgan fingerprint density at radius 3 is 2.56 bits per heavy atom. The number of anilines is 1. The highest BCUT2D eigenvalue weighted by molar-refractivity contribution is 5.75. The Balaban J connectivity index is 1.26. The summed E-state index contributed by atoms with van der Waals surface area (Å²) >= 11 is 0. The topological polar surface area (TPSA) is 48.7 Å². The van der Waals surface area contributed by atoms with E-state index >= 15 is 0 Å². The maximum Gasteiger partial charge on any atom is 0.220 e. The quantitative estimate of drug-likeness (QED) is 0.802. The Kier molecular flexibility index (Phi) is 6.51. The SMILES string of the molecule is O=C(CCCN1CCN(c2ccccc2)CC1)NCCc1ccco1. The molecule has 5 nitrogen and oxygen atoms in total. The first kappa shape index (κ1) is 17.5. The van der Waals surface area contributed by atoms with Crippen LogP contribution in [0.5, 0.6) is 0 Å². The van der Waals surface area contributed by atoms with E-state index in [1.165, 1.54) is 5.69 Å². The minimum atomic E-state index is 0.134. The van der Waals surface area contributed by atoms with Gasteiger partial charge in [0.05, 0.1) is 6.26 Å². The van der Waals surface area contributed by atoms with Gasteiger partial charge in [0.25, 0.3) is 0 Å². The average Bonchev–Trinajstić information content (AvgIpc) is 3.16. The van der Waals surface area contributed by atoms with Crippen molar-refractivity contribution in [3.63, 3.8) is 0 Å². The Labute approximate surface area is 149 Å². The number of nitrogens with one attached hydrogen (secondary N) is 1. The molecule has 2 aromatic rings. The summed E-state index contributed by atoms with van der Waals surface area (Å²) in [7, 11) is 0. The number of nitrogens with zero attached hydrogens (tertiary/aromatic N) is 2. The molecular formula is C20H27N3O2. The lowest BCUT2D eigenvalue weighted by Crippen LogP contribution is -2.46. The molecule has 1 aliphatic rings. The summed E-state index contributed by atoms with van der Waals surface area (Å²) in [6.07, 6.45) is 3.92. The van der Waals surface area contributed by atoms with Gasteiger partial charge in [-0.1, -0.05) is 18.2 Å². The molecule has 1 fully saturated rings. The zero-order valence-corrected chi connectivity index (χ0v) is 14.7. The summed E-state index contributed by atoms with van der Waals surface area (Å²) in [4.78, 5) is 16.8. The van der Waals surface area contributed by atoms with Gasteiger partial charge in [0.1, 0.15) is 5.76 Å². The van der Waals surface area contributed by atoms with Crippen LogP contribution in [0.4, 0.5) is 5.69 Å². The number of rotatable bonds is 8. The molecule has 1 saturated heterocycles. The second kappa shape index (κ2) is 9.28. The number of para-hydroxylation sites is 1. The molecule has 0 radical (unpaired) electrons. The summed E-state index contributed by atoms with van der Waals surface area (Å²) in [5.41, 5.74) is 1.30. The standard InChI is InChI=1S/C20H27N3O2/c24-20(21-11-10-19-8-5-17-25-19)9-4-12-22-13-15-23(16-14-22)18-6-2-1-3-7-18/h1-3,5-8,17H,4,9-16H2,(H,21,24). The lowest BCUT2D eigenvalue weighted by Gasteiger charge is -2.36. The second-order valence-corrected chi connectivity index (χ2v) is 6.45. The van der Waals surface area contributed by atoms with E-state index in [9.17, 15) is 4.79 Å². The number of hydrogen-bond donors (Lipinski definition) is 1. The summed E-state index contributed by atoms with van der Waals surface area (Å²) in [6.45, 7) is 5.87. The maximum absolute atomic E-state index is 11.9. The molecule has 0 bridgehead atoms. The van der Waals surface area contributed by atoms with Crippen LogP contribution in [0.1, 0.15) is 18.6 Å². The average molecular weight is 341 g/mol. The molecule has 5 heteroatoms. The third kappa shape index (κ3) is 5.64. The fourth-order valence-electron chi connectivity index (χ4n) is 3.20. The van der Waals surface area contributed by atoms with Gasteiger partial charge in [-0.15, -0.1) is 0 Å². The molecule has 0 unspecified atom stereocenters. The van der Waals surface area contributed by atoms with Gasteiger partial charge in [0.15, 0.2) is 0 Å². The Morgan fingerprint density at radius 1 is 1.04 bits per heavy atom. The van der Waals surface area contributed by atoms with Gasteiger partial charge in [-0.3, -0.25) is 9.69 Å². The van der Waals surface area contributed by atoms with Crippen molar-refractivity contribution in [1.82, 2.24) is 10.2 Å². The van der Waals surface area contributed by atoms with Crippen molar-refractivity contribution in [2.24, 2.45) is 0 Å². The van der Waals surface area contributed by atoms with Gasteiger partial charge < -0.3 is 14.6 Å². The lowest BCUT2D eigenvalue weighted by atomic mass is 10.2. The van der Waals surface area contributed by atoms with Crippen LogP contribution in [0.3, 0.4) is 0 Å². The van der Waals surface area contributed by atoms with Gasteiger partial charge >= 0.3 is 0 Å². The molecule has 2 heterocycles. The molecule has 1 amide bonds. The molecule has 0 spiro atoms. The summed E-state index contributed by atoms with van der Waals surface area (Å²) in [5, 5.41) is 2.96. The van der Waals surface area contributed by atoms with Crippen LogP contribution in [-0.2, 0) is 11.2 Å². The summed E-state index contributed by atoms with van der Waals surface area (Å²) in [5.74, 6) is 1.05. The number of amides is 1. The first-order chi connectivity index (χ1) is 12.3. The van der Waals surface area contributed by atoms with Gasteiger partial charge in [0, 0.05) is 51.3 Å². The Morgan fingerprint density at radius 2 is 1.84 bits per heavy atom. The molecule has 1 aromatic carbocycles. The van der Waals surface area contributed by atoms with Crippen LogP contribution in [-0.4, -0.2) is 50.1 Å². The van der Waals surface area contributed by atoms with Gasteiger partial charge in [-0.05, 0) is 37.2 Å². The van der Waals surface area contributed by atoms with Crippen molar-refractivity contribution < 1.29 is 9.21 Å². The molecule has 3 rings (SSSR count). The first-order valence-corrected chi connectivity index (χ1v) is 9.13. The van der Waals surface area contributed by atoms with Gasteiger partial charge in [-0.25, -0.2) is 0 Å². The van der Waals surface area contributed by atoms with E-state index in [1.54, 1.807) is 6.26 Å². The third-order valence-electron chi connectivity index (χ3n) is 4.65. The van der Waals surface area contributed by atoms with E-state index in [2.05, 4.69) is 45.4 Å². The maximum atomic E-state index is 11.9. The van der Waals surface area contributed by atoms with E-state index in [0.717, 1.165) is 51.3 Å². The molecule has 25 heavy (non-hydrogen) atoms. The molecule has 0 aliphatic carbocycles. The third-order valence-corrected chi connectivity index (χ3v) is 4.65. The fourth-order valence-corrected chi connectivity index (χ4v) is 3.20. The highest BCUT2D eigenvalue weighted by Crippen LogP contribution is 2.15. The molecule has 1 aromatic heterocycles. The highest BCUT2D eigenvalue weighted by atomic mass is 16.3. The predicted octanol–water partition coefficient (Wildman–Crippen LogP) is 2.54. The van der Waals surface area contributed by atoms with Crippen molar-refractivity contribution in [3.05, 3.63) is 54.5 Å². The Hall–Kier alpha value is -2.27. The predicted molar refractivity (Wildman–Crippen MR) is 99.8 cm³/mol. The number of piperazine rings is 1. The monoisotopic (exact) mass is 341 g/mol. The van der Waals surface area contributed by atoms with E-state index < -0.39 is 0 Å². The van der Waals surface area contributed by atoms with E-state index in [-0.39, 0.29) is 5.91 Å². The Bertz CT molecular complexity index is 620. The van der Waals surface area contributed by atoms with Crippen LogP contribution >= 0.6 is 0 Å². The molecule has 1 N–H and O–H groups in total. The van der Waals surface area contributed by atoms with Crippen molar-refractivity contribution in [2.45, 2.75) is 19.3 Å². The van der Waals surface area contributed by atoms with E-state index in [4.69, 9.17) is 4.42 Å². The van der Waals surface area contributed by atoms with Gasteiger partial charge in [-0.2, -0.15) is 0 Å². The van der Waals surface area contributed by atoms with E-state index in [1.807, 2.05) is 12.1 Å². The molecular weight excluding hydrogens is 314 g/mol. The van der Waals surface area contributed by atoms with Crippen LogP contribution in [0.15, 0.2) is 53.1 Å². The van der Waals surface area contributed by atoms with E-state index in [0.29, 0.717) is 13.0 Å². The highest BCUT2D eigenvalue weighted by Gasteiger charge is 2.16. The number of benzene rings is 1. The second-order valence-electron chi connectivity index (χ2n) is 6.45. The molecule has 0 saturated carbocycles. The van der Waals surface area contributed by atoms with Crippen molar-refractivity contribution in [3.8, 4) is 0 Å². The zero-order chi connectivity index (χ0) is 17.3. The minimum absolute atomic E-state index is 0.134. The van der Waals surface area contributed by atoms with Crippen LogP contribution < -0.4 is 10.2 Å². The zero-order valence-electron chi connectivity index (χ0n) is 14.7. The van der Waals surface area contributed by atoms with Crippen molar-refractivity contribution >= 4 is 11.6 Å². The summed E-state index contributed by atoms with van der Waals surface area (Å²) in [6, 6.07) is 14.4. The number of hydrogen-bond acceptors (Lipinski definition) is 4. The largest absolute Gasteiger partial charge is 0.469 e. The number of carbonyl (C=O) groups is 1. The summed E-state index contributed by atoms with van der Waals surface area (Å²) < 4.78 is 5.25. The smallest absolute Gasteiger partial charge is 0.220 e. The van der Waals surface area contributed by atoms with Crippen LogP contribution in [0.2, 0.25) is 0 Å². The van der Waals surface area contributed by atoms with Crippen LogP contribution in [0.25, 0.3) is 0 Å². The molecule has 0 atom stereocenters. The number of carbonyl (C=O) groups excluding carboxylic acids is 1. The fraction of sp³-hybridized carbons (Fsp3) is 0.450. The minimum Gasteiger partial charge on any atom is -0.469 e.